The molecule has 2 amide bonds. The third kappa shape index (κ3) is 6.10. The minimum absolute atomic E-state index is 0.0975. The molecule has 2 atom stereocenters. The lowest BCUT2D eigenvalue weighted by atomic mass is 10.1. The van der Waals surface area contributed by atoms with Crippen LogP contribution >= 0.6 is 0 Å². The zero-order valence-corrected chi connectivity index (χ0v) is 15.1. The van der Waals surface area contributed by atoms with Crippen LogP contribution in [0.2, 0.25) is 0 Å². The largest absolute Gasteiger partial charge is 0.490 e. The normalized spacial score (nSPS) is 13.0. The first-order valence-electron chi connectivity index (χ1n) is 8.22. The summed E-state index contributed by atoms with van der Waals surface area (Å²) >= 11 is 0. The van der Waals surface area contributed by atoms with Crippen LogP contribution in [-0.2, 0) is 11.3 Å². The average molecular weight is 336 g/mol. The molecule has 0 aliphatic heterocycles. The number of ether oxygens (including phenoxy) is 1. The molecule has 1 aromatic carbocycles. The Kier molecular flexibility index (Phi) is 7.55. The van der Waals surface area contributed by atoms with Crippen LogP contribution in [-0.4, -0.2) is 41.7 Å². The molecule has 0 radical (unpaired) electrons. The molecule has 0 saturated carbocycles. The topological polar surface area (TPSA) is 78.9 Å². The van der Waals surface area contributed by atoms with Crippen molar-refractivity contribution in [1.29, 1.82) is 0 Å². The summed E-state index contributed by atoms with van der Waals surface area (Å²) in [7, 11) is 1.58. The lowest BCUT2D eigenvalue weighted by Gasteiger charge is -2.21. The fourth-order valence-corrected chi connectivity index (χ4v) is 2.10. The highest BCUT2D eigenvalue weighted by Crippen LogP contribution is 2.22. The maximum Gasteiger partial charge on any atom is 0.317 e. The molecular weight excluding hydrogens is 308 g/mol. The molecule has 6 nitrogen and oxygen atoms in total. The number of carbonyl (C=O) groups excluding carboxylic acids is 1. The van der Waals surface area contributed by atoms with E-state index >= 15 is 0 Å². The number of nitrogens with zero attached hydrogens (tertiary/aromatic N) is 1. The molecule has 0 aromatic heterocycles. The highest BCUT2D eigenvalue weighted by Gasteiger charge is 2.17. The smallest absolute Gasteiger partial charge is 0.317 e. The lowest BCUT2D eigenvalue weighted by Crippen LogP contribution is -2.40. The molecular formula is C18H28N2O4. The van der Waals surface area contributed by atoms with Crippen molar-refractivity contribution in [2.75, 3.05) is 13.6 Å². The fraction of sp³-hybridized carbons (Fsp3) is 0.556. The predicted octanol–water partition coefficient (Wildman–Crippen LogP) is 3.03. The summed E-state index contributed by atoms with van der Waals surface area (Å²) in [6.45, 7) is 8.12. The van der Waals surface area contributed by atoms with E-state index in [0.29, 0.717) is 6.54 Å². The highest BCUT2D eigenvalue weighted by atomic mass is 16.5. The summed E-state index contributed by atoms with van der Waals surface area (Å²) in [6, 6.07) is 5.57. The Labute approximate surface area is 143 Å². The number of aryl methyl sites for hydroxylation is 1. The van der Waals surface area contributed by atoms with E-state index in [1.807, 2.05) is 32.0 Å². The summed E-state index contributed by atoms with van der Waals surface area (Å²) in [5, 5.41) is 11.7. The molecule has 1 rings (SSSR count). The number of rotatable bonds is 8. The van der Waals surface area contributed by atoms with E-state index in [1.165, 1.54) is 4.90 Å². The van der Waals surface area contributed by atoms with E-state index in [0.717, 1.165) is 23.3 Å². The van der Waals surface area contributed by atoms with Crippen molar-refractivity contribution in [3.8, 4) is 5.75 Å². The van der Waals surface area contributed by atoms with Gasteiger partial charge in [0.15, 0.2) is 0 Å². The number of carbonyl (C=O) groups is 2. The molecule has 134 valence electrons. The summed E-state index contributed by atoms with van der Waals surface area (Å²) in [4.78, 5) is 24.4. The molecule has 0 heterocycles. The molecule has 0 aliphatic carbocycles. The van der Waals surface area contributed by atoms with Crippen LogP contribution in [0, 0.1) is 12.8 Å². The number of benzene rings is 1. The average Bonchev–Trinajstić information content (AvgIpc) is 2.53. The zero-order chi connectivity index (χ0) is 18.3. The van der Waals surface area contributed by atoms with Crippen LogP contribution < -0.4 is 10.1 Å². The van der Waals surface area contributed by atoms with Gasteiger partial charge in [0.1, 0.15) is 5.75 Å². The Morgan fingerprint density at radius 2 is 2.00 bits per heavy atom. The van der Waals surface area contributed by atoms with E-state index in [2.05, 4.69) is 12.2 Å². The Bertz CT molecular complexity index is 574. The van der Waals surface area contributed by atoms with Crippen molar-refractivity contribution in [2.24, 2.45) is 5.92 Å². The second-order valence-electron chi connectivity index (χ2n) is 6.23. The van der Waals surface area contributed by atoms with Crippen molar-refractivity contribution in [1.82, 2.24) is 10.2 Å². The second-order valence-corrected chi connectivity index (χ2v) is 6.23. The van der Waals surface area contributed by atoms with Gasteiger partial charge in [-0.1, -0.05) is 26.0 Å². The molecule has 0 saturated heterocycles. The predicted molar refractivity (Wildman–Crippen MR) is 93.2 cm³/mol. The van der Waals surface area contributed by atoms with E-state index in [1.54, 1.807) is 14.0 Å². The highest BCUT2D eigenvalue weighted by molar-refractivity contribution is 5.75. The van der Waals surface area contributed by atoms with Gasteiger partial charge in [0, 0.05) is 25.7 Å². The molecule has 24 heavy (non-hydrogen) atoms. The number of aliphatic carboxylic acids is 1. The molecule has 2 N–H and O–H groups in total. The van der Waals surface area contributed by atoms with Gasteiger partial charge in [-0.2, -0.15) is 0 Å². The third-order valence-electron chi connectivity index (χ3n) is 3.87. The van der Waals surface area contributed by atoms with Crippen LogP contribution in [0.25, 0.3) is 0 Å². The van der Waals surface area contributed by atoms with Crippen molar-refractivity contribution < 1.29 is 19.4 Å². The van der Waals surface area contributed by atoms with Crippen molar-refractivity contribution in [3.05, 3.63) is 29.3 Å². The van der Waals surface area contributed by atoms with Gasteiger partial charge in [-0.3, -0.25) is 4.79 Å². The first kappa shape index (κ1) is 19.8. The van der Waals surface area contributed by atoms with Gasteiger partial charge in [-0.25, -0.2) is 4.79 Å². The molecule has 0 bridgehead atoms. The van der Waals surface area contributed by atoms with Crippen molar-refractivity contribution >= 4 is 12.0 Å². The minimum Gasteiger partial charge on any atom is -0.490 e. The quantitative estimate of drug-likeness (QED) is 0.765. The molecule has 6 heteroatoms. The number of carboxylic acid groups (broad SMARTS) is 1. The van der Waals surface area contributed by atoms with E-state index in [9.17, 15) is 9.59 Å². The van der Waals surface area contributed by atoms with Gasteiger partial charge >= 0.3 is 12.0 Å². The summed E-state index contributed by atoms with van der Waals surface area (Å²) in [6.07, 6.45) is 0.996. The Morgan fingerprint density at radius 3 is 2.58 bits per heavy atom. The van der Waals surface area contributed by atoms with E-state index in [-0.39, 0.29) is 18.7 Å². The summed E-state index contributed by atoms with van der Waals surface area (Å²) in [5.74, 6) is -0.756. The Hall–Kier alpha value is -2.24. The Morgan fingerprint density at radius 1 is 1.33 bits per heavy atom. The molecule has 1 aromatic rings. The molecule has 0 fully saturated rings. The third-order valence-corrected chi connectivity index (χ3v) is 3.87. The number of carboxylic acids is 1. The second kappa shape index (κ2) is 9.15. The SMILES string of the molecule is CCC(C)Oc1cc(C)ccc1CNC(=O)N(C)CC(C)C(=O)O. The van der Waals surface area contributed by atoms with Gasteiger partial charge < -0.3 is 20.1 Å². The van der Waals surface area contributed by atoms with Crippen LogP contribution in [0.15, 0.2) is 18.2 Å². The number of urea groups is 1. The van der Waals surface area contributed by atoms with E-state index in [4.69, 9.17) is 9.84 Å². The molecule has 0 spiro atoms. The molecule has 0 aliphatic rings. The minimum atomic E-state index is -0.919. The maximum atomic E-state index is 12.1. The van der Waals surface area contributed by atoms with Gasteiger partial charge in [0.05, 0.1) is 12.0 Å². The van der Waals surface area contributed by atoms with Crippen molar-refractivity contribution in [3.63, 3.8) is 0 Å². The zero-order valence-electron chi connectivity index (χ0n) is 15.1. The van der Waals surface area contributed by atoms with Crippen molar-refractivity contribution in [2.45, 2.75) is 46.8 Å². The Balaban J connectivity index is 2.69. The lowest BCUT2D eigenvalue weighted by molar-refractivity contribution is -0.141. The summed E-state index contributed by atoms with van der Waals surface area (Å²) < 4.78 is 5.92. The summed E-state index contributed by atoms with van der Waals surface area (Å²) in [5.41, 5.74) is 1.99. The van der Waals surface area contributed by atoms with Crippen LogP contribution in [0.1, 0.15) is 38.3 Å². The van der Waals surface area contributed by atoms with Gasteiger partial charge in [-0.15, -0.1) is 0 Å². The molecule has 2 unspecified atom stereocenters. The van der Waals surface area contributed by atoms with Gasteiger partial charge in [0.25, 0.3) is 0 Å². The first-order chi connectivity index (χ1) is 11.2. The van der Waals surface area contributed by atoms with Crippen LogP contribution in [0.4, 0.5) is 4.79 Å². The number of hydrogen-bond donors (Lipinski definition) is 2. The van der Waals surface area contributed by atoms with E-state index < -0.39 is 11.9 Å². The van der Waals surface area contributed by atoms with Crippen LogP contribution in [0.5, 0.6) is 5.75 Å². The standard InChI is InChI=1S/C18H28N2O4/c1-6-14(4)24-16-9-12(2)7-8-15(16)10-19-18(23)20(5)11-13(3)17(21)22/h7-9,13-14H,6,10-11H2,1-5H3,(H,19,23)(H,21,22). The van der Waals surface area contributed by atoms with Crippen LogP contribution in [0.3, 0.4) is 0 Å². The fourth-order valence-electron chi connectivity index (χ4n) is 2.10. The van der Waals surface area contributed by atoms with Gasteiger partial charge in [-0.05, 0) is 31.9 Å². The van der Waals surface area contributed by atoms with Gasteiger partial charge in [0.2, 0.25) is 0 Å². The first-order valence-corrected chi connectivity index (χ1v) is 8.22. The monoisotopic (exact) mass is 336 g/mol. The maximum absolute atomic E-state index is 12.1. The number of amides is 2. The number of nitrogens with one attached hydrogen (secondary N) is 1. The number of hydrogen-bond acceptors (Lipinski definition) is 3.